The van der Waals surface area contributed by atoms with Gasteiger partial charge in [-0.2, -0.15) is 5.10 Å². The topological polar surface area (TPSA) is 61.2 Å². The molecular formula is C23H17Cl3N4O2. The van der Waals surface area contributed by atoms with Crippen molar-refractivity contribution in [3.05, 3.63) is 106 Å². The summed E-state index contributed by atoms with van der Waals surface area (Å²) in [6.07, 6.45) is 4.78. The van der Waals surface area contributed by atoms with Gasteiger partial charge in [-0.05, 0) is 66.2 Å². The number of aromatic nitrogens is 3. The first-order valence-electron chi connectivity index (χ1n) is 9.48. The zero-order valence-electron chi connectivity index (χ0n) is 16.6. The Balaban J connectivity index is 1.48. The van der Waals surface area contributed by atoms with Crippen molar-refractivity contribution in [1.82, 2.24) is 20.2 Å². The molecule has 0 bridgehead atoms. The number of nitrogens with one attached hydrogen (secondary N) is 1. The molecule has 0 aliphatic heterocycles. The molecule has 0 fully saturated rings. The SMILES string of the molecule is Clc1ccc(Oc2ccc(C(=Cn3cncn3)NOCc3ccc(Cl)cc3Cl)cc2)cc1. The first-order valence-corrected chi connectivity index (χ1v) is 10.6. The fourth-order valence-electron chi connectivity index (χ4n) is 2.75. The lowest BCUT2D eigenvalue weighted by Crippen LogP contribution is -2.14. The molecule has 4 rings (SSSR count). The number of ether oxygens (including phenoxy) is 1. The quantitative estimate of drug-likeness (QED) is 0.280. The van der Waals surface area contributed by atoms with Gasteiger partial charge in [0.25, 0.3) is 0 Å². The predicted molar refractivity (Wildman–Crippen MR) is 127 cm³/mol. The smallest absolute Gasteiger partial charge is 0.138 e. The summed E-state index contributed by atoms with van der Waals surface area (Å²) in [5.74, 6) is 1.38. The molecule has 6 nitrogen and oxygen atoms in total. The Morgan fingerprint density at radius 1 is 0.906 bits per heavy atom. The maximum atomic E-state index is 6.22. The van der Waals surface area contributed by atoms with Crippen LogP contribution in [0.25, 0.3) is 11.9 Å². The predicted octanol–water partition coefficient (Wildman–Crippen LogP) is 6.71. The molecule has 0 aliphatic rings. The third-order valence-electron chi connectivity index (χ3n) is 4.34. The largest absolute Gasteiger partial charge is 0.457 e. The summed E-state index contributed by atoms with van der Waals surface area (Å²) >= 11 is 18.1. The van der Waals surface area contributed by atoms with Crippen LogP contribution in [0.5, 0.6) is 11.5 Å². The van der Waals surface area contributed by atoms with E-state index < -0.39 is 0 Å². The molecule has 0 spiro atoms. The summed E-state index contributed by atoms with van der Waals surface area (Å²) < 4.78 is 7.42. The second-order valence-electron chi connectivity index (χ2n) is 6.63. The minimum Gasteiger partial charge on any atom is -0.457 e. The van der Waals surface area contributed by atoms with Gasteiger partial charge in [-0.25, -0.2) is 9.67 Å². The molecule has 3 aromatic carbocycles. The fraction of sp³-hybridized carbons (Fsp3) is 0.0435. The van der Waals surface area contributed by atoms with Gasteiger partial charge < -0.3 is 4.74 Å². The summed E-state index contributed by atoms with van der Waals surface area (Å²) in [6, 6.07) is 19.9. The lowest BCUT2D eigenvalue weighted by atomic mass is 10.1. The van der Waals surface area contributed by atoms with E-state index in [4.69, 9.17) is 44.4 Å². The Morgan fingerprint density at radius 2 is 1.59 bits per heavy atom. The molecule has 0 unspecified atom stereocenters. The van der Waals surface area contributed by atoms with Crippen molar-refractivity contribution in [2.45, 2.75) is 6.61 Å². The van der Waals surface area contributed by atoms with Crippen LogP contribution in [0.15, 0.2) is 79.4 Å². The second-order valence-corrected chi connectivity index (χ2v) is 7.91. The second kappa shape index (κ2) is 10.5. The summed E-state index contributed by atoms with van der Waals surface area (Å²) in [7, 11) is 0. The minimum absolute atomic E-state index is 0.239. The van der Waals surface area contributed by atoms with E-state index in [1.165, 1.54) is 6.33 Å². The van der Waals surface area contributed by atoms with Crippen molar-refractivity contribution < 1.29 is 9.57 Å². The Kier molecular flexibility index (Phi) is 7.29. The first-order chi connectivity index (χ1) is 15.6. The highest BCUT2D eigenvalue weighted by atomic mass is 35.5. The molecule has 0 radical (unpaired) electrons. The zero-order chi connectivity index (χ0) is 22.3. The van der Waals surface area contributed by atoms with Gasteiger partial charge in [0.05, 0.1) is 11.9 Å². The van der Waals surface area contributed by atoms with E-state index >= 15 is 0 Å². The van der Waals surface area contributed by atoms with Crippen molar-refractivity contribution in [2.24, 2.45) is 0 Å². The Bertz CT molecular complexity index is 1200. The van der Waals surface area contributed by atoms with Crippen molar-refractivity contribution in [3.63, 3.8) is 0 Å². The molecule has 9 heteroatoms. The van der Waals surface area contributed by atoms with Crippen molar-refractivity contribution in [1.29, 1.82) is 0 Å². The molecule has 0 aliphatic carbocycles. The van der Waals surface area contributed by atoms with E-state index in [0.717, 1.165) is 11.1 Å². The van der Waals surface area contributed by atoms with Gasteiger partial charge in [0.1, 0.15) is 30.8 Å². The van der Waals surface area contributed by atoms with E-state index in [1.54, 1.807) is 41.5 Å². The maximum Gasteiger partial charge on any atom is 0.138 e. The molecule has 0 atom stereocenters. The number of hydrogen-bond donors (Lipinski definition) is 1. The van der Waals surface area contributed by atoms with Crippen LogP contribution in [0.1, 0.15) is 11.1 Å². The van der Waals surface area contributed by atoms with Crippen LogP contribution in [0.4, 0.5) is 0 Å². The number of nitrogens with zero attached hydrogens (tertiary/aromatic N) is 3. The molecule has 1 aromatic heterocycles. The molecule has 162 valence electrons. The zero-order valence-corrected chi connectivity index (χ0v) is 18.8. The molecule has 4 aromatic rings. The van der Waals surface area contributed by atoms with E-state index in [0.29, 0.717) is 32.3 Å². The standard InChI is InChI=1S/C23H17Cl3N4O2/c24-18-5-9-21(10-6-18)32-20-7-2-16(3-8-20)23(12-30-15-27-14-28-30)29-31-13-17-1-4-19(25)11-22(17)26/h1-12,14-15,29H,13H2. The average molecular weight is 488 g/mol. The Labute approximate surface area is 199 Å². The van der Waals surface area contributed by atoms with E-state index in [-0.39, 0.29) is 6.61 Å². The van der Waals surface area contributed by atoms with Crippen LogP contribution >= 0.6 is 34.8 Å². The first kappa shape index (κ1) is 22.2. The van der Waals surface area contributed by atoms with Crippen LogP contribution in [0, 0.1) is 0 Å². The maximum absolute atomic E-state index is 6.22. The van der Waals surface area contributed by atoms with Crippen LogP contribution < -0.4 is 10.2 Å². The molecular weight excluding hydrogens is 471 g/mol. The van der Waals surface area contributed by atoms with E-state index in [1.807, 2.05) is 42.5 Å². The summed E-state index contributed by atoms with van der Waals surface area (Å²) in [4.78, 5) is 9.65. The van der Waals surface area contributed by atoms with Gasteiger partial charge in [0.2, 0.25) is 0 Å². The van der Waals surface area contributed by atoms with Gasteiger partial charge in [-0.1, -0.05) is 40.9 Å². The highest BCUT2D eigenvalue weighted by Gasteiger charge is 2.07. The third-order valence-corrected chi connectivity index (χ3v) is 5.18. The van der Waals surface area contributed by atoms with E-state index in [9.17, 15) is 0 Å². The third kappa shape index (κ3) is 6.02. The van der Waals surface area contributed by atoms with Gasteiger partial charge in [0.15, 0.2) is 0 Å². The highest BCUT2D eigenvalue weighted by Crippen LogP contribution is 2.25. The average Bonchev–Trinajstić information content (AvgIpc) is 3.30. The van der Waals surface area contributed by atoms with Crippen LogP contribution in [0.2, 0.25) is 15.1 Å². The number of benzene rings is 3. The number of rotatable bonds is 8. The molecule has 0 amide bonds. The molecule has 1 heterocycles. The van der Waals surface area contributed by atoms with Crippen molar-refractivity contribution in [2.75, 3.05) is 0 Å². The number of hydrogen-bond acceptors (Lipinski definition) is 5. The normalized spacial score (nSPS) is 11.4. The molecule has 0 saturated heterocycles. The van der Waals surface area contributed by atoms with Crippen molar-refractivity contribution >= 4 is 46.7 Å². The minimum atomic E-state index is 0.239. The summed E-state index contributed by atoms with van der Waals surface area (Å²) in [5.41, 5.74) is 5.29. The van der Waals surface area contributed by atoms with Gasteiger partial charge in [-0.15, -0.1) is 0 Å². The summed E-state index contributed by atoms with van der Waals surface area (Å²) in [5, 5.41) is 5.87. The van der Waals surface area contributed by atoms with Crippen LogP contribution in [-0.2, 0) is 11.4 Å². The van der Waals surface area contributed by atoms with Gasteiger partial charge in [-0.3, -0.25) is 10.3 Å². The van der Waals surface area contributed by atoms with Gasteiger partial charge >= 0.3 is 0 Å². The molecule has 1 N–H and O–H groups in total. The highest BCUT2D eigenvalue weighted by molar-refractivity contribution is 6.35. The van der Waals surface area contributed by atoms with Crippen LogP contribution in [-0.4, -0.2) is 14.8 Å². The Morgan fingerprint density at radius 3 is 2.25 bits per heavy atom. The summed E-state index contributed by atoms with van der Waals surface area (Å²) in [6.45, 7) is 0.239. The van der Waals surface area contributed by atoms with E-state index in [2.05, 4.69) is 15.6 Å². The molecule has 0 saturated carbocycles. The fourth-order valence-corrected chi connectivity index (χ4v) is 3.34. The Hall–Kier alpha value is -3.03. The molecule has 32 heavy (non-hydrogen) atoms. The number of hydroxylamine groups is 1. The monoisotopic (exact) mass is 486 g/mol. The lowest BCUT2D eigenvalue weighted by Gasteiger charge is -2.13. The van der Waals surface area contributed by atoms with Crippen LogP contribution in [0.3, 0.4) is 0 Å². The van der Waals surface area contributed by atoms with Gasteiger partial charge in [0, 0.05) is 20.6 Å². The lowest BCUT2D eigenvalue weighted by molar-refractivity contribution is 0.0649. The van der Waals surface area contributed by atoms with Crippen molar-refractivity contribution in [3.8, 4) is 11.5 Å². The number of halogens is 3.